The van der Waals surface area contributed by atoms with Crippen molar-refractivity contribution >= 4 is 23.3 Å². The Morgan fingerprint density at radius 3 is 2.50 bits per heavy atom. The smallest absolute Gasteiger partial charge is 0.281 e. The number of hydrogen-bond donors (Lipinski definition) is 1. The second kappa shape index (κ2) is 16.1. The number of nitrogens with zero attached hydrogens (tertiary/aromatic N) is 4. The van der Waals surface area contributed by atoms with E-state index >= 15 is 0 Å². The van der Waals surface area contributed by atoms with Crippen LogP contribution in [0.5, 0.6) is 5.88 Å². The third kappa shape index (κ3) is 9.06. The van der Waals surface area contributed by atoms with Gasteiger partial charge in [0, 0.05) is 49.3 Å². The summed E-state index contributed by atoms with van der Waals surface area (Å²) < 4.78 is 34.3. The summed E-state index contributed by atoms with van der Waals surface area (Å²) in [4.78, 5) is 39.6. The second-order valence-electron chi connectivity index (χ2n) is 12.3. The number of pyridine rings is 1. The highest BCUT2D eigenvalue weighted by molar-refractivity contribution is 6.09. The first-order valence-electron chi connectivity index (χ1n) is 16.1. The number of piperidine rings is 1. The predicted molar refractivity (Wildman–Crippen MR) is 169 cm³/mol. The molecule has 8 nitrogen and oxygen atoms in total. The molecule has 44 heavy (non-hydrogen) atoms. The van der Waals surface area contributed by atoms with Crippen molar-refractivity contribution in [2.75, 3.05) is 31.1 Å². The van der Waals surface area contributed by atoms with Gasteiger partial charge in [-0.3, -0.25) is 14.5 Å². The Hall–Kier alpha value is -3.40. The van der Waals surface area contributed by atoms with Crippen LogP contribution in [0.3, 0.4) is 0 Å². The Bertz CT molecular complexity index is 1300. The fourth-order valence-corrected chi connectivity index (χ4v) is 6.13. The molecule has 0 radical (unpaired) electrons. The molecule has 0 atom stereocenters. The number of hydrogen-bond acceptors (Lipinski definition) is 5. The Kier molecular flexibility index (Phi) is 12.2. The largest absolute Gasteiger partial charge is 0.476 e. The average Bonchev–Trinajstić information content (AvgIpc) is 2.99. The molecular formula is C34H47F2N5O3. The predicted octanol–water partition coefficient (Wildman–Crippen LogP) is 6.46. The molecule has 10 heteroatoms. The van der Waals surface area contributed by atoms with Crippen molar-refractivity contribution in [3.05, 3.63) is 53.2 Å². The van der Waals surface area contributed by atoms with Crippen molar-refractivity contribution in [1.82, 2.24) is 15.2 Å². The molecular weight excluding hydrogens is 564 g/mol. The molecule has 2 aliphatic rings. The maximum Gasteiger partial charge on any atom is 0.281 e. The standard InChI is InChI=1S/C34H47F2N5O3/c1-5-9-31(39-34(43)28-15-12-26(35)20-29(28)36)41(27-13-10-25(11-14-27)33(42)38-23(2)3)30-21-32(37-22-24(30)4)44-19-18-40-16-7-6-8-17-40/h12,15,20-23,25,27H,5-11,13-14,16-19H2,1-4H3,(H,38,42). The number of aryl methyl sites for hydroxylation is 1. The highest BCUT2D eigenvalue weighted by Gasteiger charge is 2.33. The number of aliphatic imine (C=N–C) groups is 1. The summed E-state index contributed by atoms with van der Waals surface area (Å²) in [5.74, 6) is -1.47. The van der Waals surface area contributed by atoms with Gasteiger partial charge in [0.05, 0.1) is 11.3 Å². The van der Waals surface area contributed by atoms with Gasteiger partial charge in [-0.25, -0.2) is 13.8 Å². The Labute approximate surface area is 260 Å². The van der Waals surface area contributed by atoms with Crippen LogP contribution in [-0.2, 0) is 4.79 Å². The van der Waals surface area contributed by atoms with Crippen LogP contribution in [-0.4, -0.2) is 65.9 Å². The van der Waals surface area contributed by atoms with Gasteiger partial charge in [-0.15, -0.1) is 0 Å². The van der Waals surface area contributed by atoms with Crippen molar-refractivity contribution in [1.29, 1.82) is 0 Å². The monoisotopic (exact) mass is 611 g/mol. The number of halogens is 2. The van der Waals surface area contributed by atoms with Crippen LogP contribution >= 0.6 is 0 Å². The first-order valence-corrected chi connectivity index (χ1v) is 16.1. The van der Waals surface area contributed by atoms with Crippen LogP contribution in [0.15, 0.2) is 35.5 Å². The molecule has 1 saturated heterocycles. The Morgan fingerprint density at radius 1 is 1.11 bits per heavy atom. The topological polar surface area (TPSA) is 87.1 Å². The first-order chi connectivity index (χ1) is 21.2. The molecule has 2 aromatic rings. The van der Waals surface area contributed by atoms with Gasteiger partial charge in [-0.2, -0.15) is 4.99 Å². The molecule has 0 spiro atoms. The Morgan fingerprint density at radius 2 is 1.84 bits per heavy atom. The van der Waals surface area contributed by atoms with Crippen molar-refractivity contribution in [3.63, 3.8) is 0 Å². The molecule has 0 unspecified atom stereocenters. The van der Waals surface area contributed by atoms with E-state index < -0.39 is 17.5 Å². The Balaban J connectivity index is 1.64. The van der Waals surface area contributed by atoms with Gasteiger partial charge < -0.3 is 15.0 Å². The molecule has 4 rings (SSSR count). The second-order valence-corrected chi connectivity index (χ2v) is 12.3. The van der Waals surface area contributed by atoms with Crippen LogP contribution < -0.4 is 15.0 Å². The lowest BCUT2D eigenvalue weighted by atomic mass is 9.84. The van der Waals surface area contributed by atoms with Crippen molar-refractivity contribution in [2.24, 2.45) is 10.9 Å². The van der Waals surface area contributed by atoms with Gasteiger partial charge in [-0.1, -0.05) is 13.3 Å². The number of aromatic nitrogens is 1. The SMILES string of the molecule is CCCC(=NC(=O)c1ccc(F)cc1F)N(c1cc(OCCN2CCCCC2)ncc1C)C1CCC(C(=O)NC(C)C)CC1. The molecule has 1 aromatic heterocycles. The number of anilines is 1. The van der Waals surface area contributed by atoms with Crippen LogP contribution in [0.1, 0.15) is 94.5 Å². The van der Waals surface area contributed by atoms with Gasteiger partial charge >= 0.3 is 0 Å². The number of amidine groups is 1. The number of nitrogens with one attached hydrogen (secondary N) is 1. The number of carbonyl (C=O) groups is 2. The van der Waals surface area contributed by atoms with Crippen LogP contribution in [0.4, 0.5) is 14.5 Å². The fraction of sp³-hybridized carbons (Fsp3) is 0.588. The van der Waals surface area contributed by atoms with Crippen molar-refractivity contribution in [3.8, 4) is 5.88 Å². The summed E-state index contributed by atoms with van der Waals surface area (Å²) in [7, 11) is 0. The number of likely N-dealkylation sites (tertiary alicyclic amines) is 1. The average molecular weight is 612 g/mol. The van der Waals surface area contributed by atoms with Gasteiger partial charge in [0.15, 0.2) is 0 Å². The molecule has 1 aliphatic carbocycles. The minimum absolute atomic E-state index is 0.0448. The molecule has 1 aliphatic heterocycles. The summed E-state index contributed by atoms with van der Waals surface area (Å²) >= 11 is 0. The summed E-state index contributed by atoms with van der Waals surface area (Å²) in [6, 6.07) is 4.82. The van der Waals surface area contributed by atoms with Crippen molar-refractivity contribution in [2.45, 2.75) is 97.6 Å². The number of amides is 2. The molecule has 2 fully saturated rings. The van der Waals surface area contributed by atoms with E-state index in [2.05, 4.69) is 25.1 Å². The highest BCUT2D eigenvalue weighted by atomic mass is 19.1. The minimum atomic E-state index is -0.942. The number of rotatable bonds is 11. The maximum atomic E-state index is 14.6. The highest BCUT2D eigenvalue weighted by Crippen LogP contribution is 2.35. The van der Waals surface area contributed by atoms with Crippen molar-refractivity contribution < 1.29 is 23.1 Å². The van der Waals surface area contributed by atoms with E-state index in [1.165, 1.54) is 19.3 Å². The zero-order chi connectivity index (χ0) is 31.6. The molecule has 240 valence electrons. The molecule has 2 heterocycles. The van der Waals surface area contributed by atoms with Crippen LogP contribution in [0.25, 0.3) is 0 Å². The lowest BCUT2D eigenvalue weighted by molar-refractivity contribution is -0.126. The summed E-state index contributed by atoms with van der Waals surface area (Å²) in [6.45, 7) is 11.4. The lowest BCUT2D eigenvalue weighted by Gasteiger charge is -2.39. The zero-order valence-corrected chi connectivity index (χ0v) is 26.6. The zero-order valence-electron chi connectivity index (χ0n) is 26.6. The van der Waals surface area contributed by atoms with E-state index in [4.69, 9.17) is 4.74 Å². The molecule has 1 aromatic carbocycles. The summed E-state index contributed by atoms with van der Waals surface area (Å²) in [5.41, 5.74) is 1.43. The quantitative estimate of drug-likeness (QED) is 0.232. The van der Waals surface area contributed by atoms with Gasteiger partial charge in [0.25, 0.3) is 5.91 Å². The normalized spacial score (nSPS) is 19.6. The third-order valence-corrected chi connectivity index (χ3v) is 8.42. The van der Waals surface area contributed by atoms with Gasteiger partial charge in [0.2, 0.25) is 11.8 Å². The number of carbonyl (C=O) groups excluding carboxylic acids is 2. The van der Waals surface area contributed by atoms with E-state index in [1.807, 2.05) is 33.8 Å². The third-order valence-electron chi connectivity index (χ3n) is 8.42. The summed E-state index contributed by atoms with van der Waals surface area (Å²) in [5, 5.41) is 3.03. The first kappa shape index (κ1) is 33.5. The lowest BCUT2D eigenvalue weighted by Crippen LogP contribution is -2.45. The van der Waals surface area contributed by atoms with E-state index in [-0.39, 0.29) is 29.5 Å². The van der Waals surface area contributed by atoms with E-state index in [1.54, 1.807) is 6.20 Å². The molecule has 1 N–H and O–H groups in total. The van der Waals surface area contributed by atoms with E-state index in [9.17, 15) is 18.4 Å². The van der Waals surface area contributed by atoms with Crippen LogP contribution in [0, 0.1) is 24.5 Å². The minimum Gasteiger partial charge on any atom is -0.476 e. The summed E-state index contributed by atoms with van der Waals surface area (Å²) in [6.07, 6.45) is 9.46. The fourth-order valence-electron chi connectivity index (χ4n) is 6.13. The molecule has 2 amide bonds. The maximum absolute atomic E-state index is 14.6. The van der Waals surface area contributed by atoms with Gasteiger partial charge in [-0.05, 0) is 96.5 Å². The van der Waals surface area contributed by atoms with E-state index in [0.29, 0.717) is 62.9 Å². The number of benzene rings is 1. The van der Waals surface area contributed by atoms with E-state index in [0.717, 1.165) is 43.0 Å². The molecule has 0 bridgehead atoms. The van der Waals surface area contributed by atoms with Crippen LogP contribution in [0.2, 0.25) is 0 Å². The molecule has 1 saturated carbocycles. The number of ether oxygens (including phenoxy) is 1. The van der Waals surface area contributed by atoms with Gasteiger partial charge in [0.1, 0.15) is 24.1 Å².